The topological polar surface area (TPSA) is 77.5 Å². The van der Waals surface area contributed by atoms with Crippen molar-refractivity contribution in [1.82, 2.24) is 10.3 Å². The van der Waals surface area contributed by atoms with E-state index in [0.717, 1.165) is 11.3 Å². The molecular weight excluding hydrogens is 356 g/mol. The molecule has 3 aromatic rings. The number of hydrogen-bond acceptors (Lipinski definition) is 5. The van der Waals surface area contributed by atoms with Crippen LogP contribution in [0.2, 0.25) is 0 Å². The third-order valence-electron chi connectivity index (χ3n) is 4.08. The molecule has 0 aliphatic carbocycles. The molecule has 1 amide bonds. The highest BCUT2D eigenvalue weighted by Crippen LogP contribution is 2.17. The zero-order valence-corrected chi connectivity index (χ0v) is 15.4. The number of hydrogen-bond donors (Lipinski definition) is 1. The van der Waals surface area contributed by atoms with Crippen LogP contribution < -0.4 is 10.1 Å². The summed E-state index contributed by atoms with van der Waals surface area (Å²) < 4.78 is 10.6. The highest BCUT2D eigenvalue weighted by Gasteiger charge is 2.25. The molecule has 2 aromatic carbocycles. The minimum Gasteiger partial charge on any atom is -0.497 e. The lowest BCUT2D eigenvalue weighted by Gasteiger charge is -2.18. The number of esters is 1. The fourth-order valence-electron chi connectivity index (χ4n) is 2.59. The average molecular weight is 376 g/mol. The van der Waals surface area contributed by atoms with Crippen LogP contribution in [0.4, 0.5) is 0 Å². The van der Waals surface area contributed by atoms with Crippen molar-refractivity contribution in [2.75, 3.05) is 7.11 Å². The Kier molecular flexibility index (Phi) is 6.36. The summed E-state index contributed by atoms with van der Waals surface area (Å²) in [6.45, 7) is 0.0889. The number of carbonyl (C=O) groups excluding carboxylic acids is 2. The number of carbonyl (C=O) groups is 2. The zero-order chi connectivity index (χ0) is 19.8. The molecule has 0 radical (unpaired) electrons. The first-order valence-corrected chi connectivity index (χ1v) is 8.74. The SMILES string of the molecule is COc1ccc(COC(=O)C(NC(=O)c2ccccn2)c2ccccc2)cc1. The average Bonchev–Trinajstić information content (AvgIpc) is 2.77. The molecule has 0 spiro atoms. The van der Waals surface area contributed by atoms with Gasteiger partial charge in [-0.3, -0.25) is 9.78 Å². The lowest BCUT2D eigenvalue weighted by atomic mass is 10.1. The number of amides is 1. The number of ether oxygens (including phenoxy) is 2. The Morgan fingerprint density at radius 3 is 2.32 bits per heavy atom. The van der Waals surface area contributed by atoms with Gasteiger partial charge < -0.3 is 14.8 Å². The zero-order valence-electron chi connectivity index (χ0n) is 15.4. The Hall–Kier alpha value is -3.67. The third kappa shape index (κ3) is 4.94. The van der Waals surface area contributed by atoms with E-state index < -0.39 is 17.9 Å². The highest BCUT2D eigenvalue weighted by molar-refractivity contribution is 5.95. The molecule has 1 atom stereocenters. The van der Waals surface area contributed by atoms with Crippen LogP contribution >= 0.6 is 0 Å². The second-order valence-electron chi connectivity index (χ2n) is 5.99. The fourth-order valence-corrected chi connectivity index (χ4v) is 2.59. The van der Waals surface area contributed by atoms with Crippen molar-refractivity contribution in [3.05, 3.63) is 95.8 Å². The van der Waals surface area contributed by atoms with E-state index in [-0.39, 0.29) is 12.3 Å². The molecule has 0 aliphatic heterocycles. The Labute approximate surface area is 163 Å². The molecule has 0 fully saturated rings. The van der Waals surface area contributed by atoms with Crippen molar-refractivity contribution >= 4 is 11.9 Å². The molecule has 6 heteroatoms. The lowest BCUT2D eigenvalue weighted by molar-refractivity contribution is -0.147. The van der Waals surface area contributed by atoms with E-state index in [1.165, 1.54) is 6.20 Å². The highest BCUT2D eigenvalue weighted by atomic mass is 16.5. The van der Waals surface area contributed by atoms with Crippen LogP contribution in [-0.4, -0.2) is 24.0 Å². The van der Waals surface area contributed by atoms with Gasteiger partial charge in [-0.25, -0.2) is 4.79 Å². The van der Waals surface area contributed by atoms with Crippen LogP contribution in [0.1, 0.15) is 27.7 Å². The van der Waals surface area contributed by atoms with E-state index in [1.54, 1.807) is 61.7 Å². The van der Waals surface area contributed by atoms with E-state index in [4.69, 9.17) is 9.47 Å². The molecule has 0 saturated heterocycles. The van der Waals surface area contributed by atoms with Crippen molar-refractivity contribution in [3.8, 4) is 5.75 Å². The molecule has 3 rings (SSSR count). The summed E-state index contributed by atoms with van der Waals surface area (Å²) in [6.07, 6.45) is 1.52. The van der Waals surface area contributed by atoms with Crippen molar-refractivity contribution in [2.24, 2.45) is 0 Å². The summed E-state index contributed by atoms with van der Waals surface area (Å²) in [5.74, 6) is -0.276. The van der Waals surface area contributed by atoms with Gasteiger partial charge in [0.05, 0.1) is 7.11 Å². The maximum Gasteiger partial charge on any atom is 0.333 e. The molecule has 0 bridgehead atoms. The van der Waals surface area contributed by atoms with Gasteiger partial charge in [-0.05, 0) is 35.4 Å². The molecule has 1 N–H and O–H groups in total. The summed E-state index contributed by atoms with van der Waals surface area (Å²) in [5.41, 5.74) is 1.68. The molecular formula is C22H20N2O4. The first-order valence-electron chi connectivity index (χ1n) is 8.74. The summed E-state index contributed by atoms with van der Waals surface area (Å²) in [6, 6.07) is 20.2. The number of nitrogens with one attached hydrogen (secondary N) is 1. The summed E-state index contributed by atoms with van der Waals surface area (Å²) in [5, 5.41) is 2.71. The third-order valence-corrected chi connectivity index (χ3v) is 4.08. The molecule has 0 aliphatic rings. The van der Waals surface area contributed by atoms with Crippen LogP contribution in [0.5, 0.6) is 5.75 Å². The van der Waals surface area contributed by atoms with Crippen molar-refractivity contribution in [2.45, 2.75) is 12.6 Å². The molecule has 0 saturated carbocycles. The second kappa shape index (κ2) is 9.32. The Morgan fingerprint density at radius 2 is 1.68 bits per heavy atom. The van der Waals surface area contributed by atoms with Gasteiger partial charge in [0, 0.05) is 6.20 Å². The normalized spacial score (nSPS) is 11.3. The van der Waals surface area contributed by atoms with Gasteiger partial charge >= 0.3 is 5.97 Å². The Bertz CT molecular complexity index is 912. The minimum absolute atomic E-state index is 0.0889. The smallest absolute Gasteiger partial charge is 0.333 e. The molecule has 142 valence electrons. The van der Waals surface area contributed by atoms with E-state index in [9.17, 15) is 9.59 Å². The van der Waals surface area contributed by atoms with Crippen molar-refractivity contribution < 1.29 is 19.1 Å². The van der Waals surface area contributed by atoms with Gasteiger partial charge in [0.15, 0.2) is 6.04 Å². The second-order valence-corrected chi connectivity index (χ2v) is 5.99. The van der Waals surface area contributed by atoms with Crippen LogP contribution in [-0.2, 0) is 16.1 Å². The quantitative estimate of drug-likeness (QED) is 0.640. The minimum atomic E-state index is -0.936. The van der Waals surface area contributed by atoms with E-state index in [0.29, 0.717) is 5.56 Å². The number of pyridine rings is 1. The van der Waals surface area contributed by atoms with Gasteiger partial charge in [0.2, 0.25) is 0 Å². The summed E-state index contributed by atoms with van der Waals surface area (Å²) in [4.78, 5) is 29.2. The van der Waals surface area contributed by atoms with Gasteiger partial charge in [-0.1, -0.05) is 48.5 Å². The Morgan fingerprint density at radius 1 is 0.964 bits per heavy atom. The maximum atomic E-state index is 12.7. The number of rotatable bonds is 7. The largest absolute Gasteiger partial charge is 0.497 e. The fraction of sp³-hybridized carbons (Fsp3) is 0.136. The van der Waals surface area contributed by atoms with Crippen molar-refractivity contribution in [3.63, 3.8) is 0 Å². The molecule has 1 aromatic heterocycles. The predicted molar refractivity (Wildman–Crippen MR) is 104 cm³/mol. The van der Waals surface area contributed by atoms with Crippen LogP contribution in [0, 0.1) is 0 Å². The first-order chi connectivity index (χ1) is 13.7. The number of benzene rings is 2. The van der Waals surface area contributed by atoms with Gasteiger partial charge in [-0.15, -0.1) is 0 Å². The molecule has 1 unspecified atom stereocenters. The van der Waals surface area contributed by atoms with Gasteiger partial charge in [-0.2, -0.15) is 0 Å². The van der Waals surface area contributed by atoms with E-state index in [1.807, 2.05) is 18.2 Å². The van der Waals surface area contributed by atoms with Crippen LogP contribution in [0.3, 0.4) is 0 Å². The number of nitrogens with zero attached hydrogens (tertiary/aromatic N) is 1. The monoisotopic (exact) mass is 376 g/mol. The number of methoxy groups -OCH3 is 1. The van der Waals surface area contributed by atoms with E-state index in [2.05, 4.69) is 10.3 Å². The van der Waals surface area contributed by atoms with Crippen LogP contribution in [0.15, 0.2) is 79.0 Å². The Balaban J connectivity index is 1.72. The molecule has 1 heterocycles. The lowest BCUT2D eigenvalue weighted by Crippen LogP contribution is -2.35. The first kappa shape index (κ1) is 19.1. The van der Waals surface area contributed by atoms with E-state index >= 15 is 0 Å². The van der Waals surface area contributed by atoms with Crippen LogP contribution in [0.25, 0.3) is 0 Å². The van der Waals surface area contributed by atoms with Crippen molar-refractivity contribution in [1.29, 1.82) is 0 Å². The summed E-state index contributed by atoms with van der Waals surface area (Å²) >= 11 is 0. The standard InChI is InChI=1S/C22H20N2O4/c1-27-18-12-10-16(11-13-18)15-28-22(26)20(17-7-3-2-4-8-17)24-21(25)19-9-5-6-14-23-19/h2-14,20H,15H2,1H3,(H,24,25). The molecule has 6 nitrogen and oxygen atoms in total. The summed E-state index contributed by atoms with van der Waals surface area (Å²) in [7, 11) is 1.59. The van der Waals surface area contributed by atoms with Gasteiger partial charge in [0.25, 0.3) is 5.91 Å². The predicted octanol–water partition coefficient (Wildman–Crippen LogP) is 3.30. The maximum absolute atomic E-state index is 12.7. The molecule has 28 heavy (non-hydrogen) atoms. The van der Waals surface area contributed by atoms with Gasteiger partial charge in [0.1, 0.15) is 18.1 Å². The number of aromatic nitrogens is 1.